The zero-order valence-corrected chi connectivity index (χ0v) is 14.3. The van der Waals surface area contributed by atoms with Gasteiger partial charge in [0.05, 0.1) is 10.7 Å². The smallest absolute Gasteiger partial charge is 0.0951 e. The van der Waals surface area contributed by atoms with Crippen LogP contribution in [0, 0.1) is 3.57 Å². The van der Waals surface area contributed by atoms with Crippen molar-refractivity contribution >= 4 is 33.9 Å². The third kappa shape index (κ3) is 3.70. The molecule has 1 aromatic heterocycles. The standard InChI is InChI=1S/C17H15IN2S/c18-14-8-6-12(7-9-14)15(19)10-17-20-16(11-21-17)13-4-2-1-3-5-13/h1-9,11,15H,10,19H2. The fourth-order valence-electron chi connectivity index (χ4n) is 2.16. The van der Waals surface area contributed by atoms with Gasteiger partial charge in [-0.2, -0.15) is 0 Å². The van der Waals surface area contributed by atoms with Gasteiger partial charge in [0.25, 0.3) is 0 Å². The molecule has 0 aliphatic heterocycles. The summed E-state index contributed by atoms with van der Waals surface area (Å²) in [5.41, 5.74) is 9.64. The molecule has 0 spiro atoms. The summed E-state index contributed by atoms with van der Waals surface area (Å²) >= 11 is 3.98. The second kappa shape index (κ2) is 6.68. The first-order valence-corrected chi connectivity index (χ1v) is 8.69. The number of nitrogens with two attached hydrogens (primary N) is 1. The largest absolute Gasteiger partial charge is 0.324 e. The van der Waals surface area contributed by atoms with Gasteiger partial charge in [-0.25, -0.2) is 4.98 Å². The van der Waals surface area contributed by atoms with E-state index >= 15 is 0 Å². The Morgan fingerprint density at radius 2 is 1.76 bits per heavy atom. The maximum absolute atomic E-state index is 6.29. The number of thiazole rings is 1. The molecule has 0 aliphatic carbocycles. The van der Waals surface area contributed by atoms with Gasteiger partial charge in [-0.1, -0.05) is 42.5 Å². The summed E-state index contributed by atoms with van der Waals surface area (Å²) < 4.78 is 1.23. The Bertz CT molecular complexity index is 707. The number of aromatic nitrogens is 1. The molecule has 2 aromatic carbocycles. The Morgan fingerprint density at radius 1 is 1.05 bits per heavy atom. The van der Waals surface area contributed by atoms with E-state index in [2.05, 4.69) is 64.4 Å². The van der Waals surface area contributed by atoms with Gasteiger partial charge in [0.15, 0.2) is 0 Å². The lowest BCUT2D eigenvalue weighted by atomic mass is 10.1. The molecule has 4 heteroatoms. The van der Waals surface area contributed by atoms with Crippen molar-refractivity contribution in [2.75, 3.05) is 0 Å². The fraction of sp³-hybridized carbons (Fsp3) is 0.118. The summed E-state index contributed by atoms with van der Waals surface area (Å²) in [6.07, 6.45) is 0.776. The predicted octanol–water partition coefficient (Wildman–Crippen LogP) is 4.66. The third-order valence-electron chi connectivity index (χ3n) is 3.31. The zero-order chi connectivity index (χ0) is 14.7. The fourth-order valence-corrected chi connectivity index (χ4v) is 3.38. The van der Waals surface area contributed by atoms with Gasteiger partial charge in [0.2, 0.25) is 0 Å². The van der Waals surface area contributed by atoms with Gasteiger partial charge in [0, 0.05) is 27.0 Å². The first-order chi connectivity index (χ1) is 10.2. The van der Waals surface area contributed by atoms with E-state index in [1.54, 1.807) is 11.3 Å². The Balaban J connectivity index is 1.74. The molecule has 0 fully saturated rings. The summed E-state index contributed by atoms with van der Waals surface area (Å²) in [5, 5.41) is 3.19. The third-order valence-corrected chi connectivity index (χ3v) is 4.90. The summed E-state index contributed by atoms with van der Waals surface area (Å²) in [5.74, 6) is 0. The molecule has 1 heterocycles. The van der Waals surface area contributed by atoms with Crippen LogP contribution in [-0.4, -0.2) is 4.98 Å². The molecule has 0 saturated heterocycles. The van der Waals surface area contributed by atoms with Gasteiger partial charge < -0.3 is 5.73 Å². The second-order valence-corrected chi connectivity index (χ2v) is 7.04. The van der Waals surface area contributed by atoms with Crippen molar-refractivity contribution in [2.24, 2.45) is 5.73 Å². The highest BCUT2D eigenvalue weighted by Crippen LogP contribution is 2.24. The molecule has 0 saturated carbocycles. The molecule has 1 atom stereocenters. The van der Waals surface area contributed by atoms with Crippen LogP contribution in [0.25, 0.3) is 11.3 Å². The highest BCUT2D eigenvalue weighted by atomic mass is 127. The lowest BCUT2D eigenvalue weighted by Crippen LogP contribution is -2.13. The van der Waals surface area contributed by atoms with Crippen molar-refractivity contribution in [3.63, 3.8) is 0 Å². The molecule has 3 rings (SSSR count). The minimum absolute atomic E-state index is 0.00299. The topological polar surface area (TPSA) is 38.9 Å². The molecule has 106 valence electrons. The Hall–Kier alpha value is -1.24. The van der Waals surface area contributed by atoms with Crippen LogP contribution in [0.5, 0.6) is 0 Å². The molecule has 2 nitrogen and oxygen atoms in total. The number of nitrogens with zero attached hydrogens (tertiary/aromatic N) is 1. The van der Waals surface area contributed by atoms with Crippen LogP contribution in [0.3, 0.4) is 0 Å². The molecular formula is C17H15IN2S. The second-order valence-electron chi connectivity index (χ2n) is 4.85. The quantitative estimate of drug-likeness (QED) is 0.641. The monoisotopic (exact) mass is 406 g/mol. The number of rotatable bonds is 4. The van der Waals surface area contributed by atoms with Gasteiger partial charge >= 0.3 is 0 Å². The van der Waals surface area contributed by atoms with Crippen LogP contribution in [0.1, 0.15) is 16.6 Å². The number of halogens is 1. The van der Waals surface area contributed by atoms with Gasteiger partial charge in [0.1, 0.15) is 0 Å². The van der Waals surface area contributed by atoms with Crippen molar-refractivity contribution in [2.45, 2.75) is 12.5 Å². The van der Waals surface area contributed by atoms with Gasteiger partial charge in [-0.05, 0) is 40.3 Å². The van der Waals surface area contributed by atoms with Gasteiger partial charge in [-0.3, -0.25) is 0 Å². The van der Waals surface area contributed by atoms with Crippen molar-refractivity contribution in [1.82, 2.24) is 4.98 Å². The molecule has 0 bridgehead atoms. The minimum atomic E-state index is -0.00299. The number of hydrogen-bond donors (Lipinski definition) is 1. The number of benzene rings is 2. The SMILES string of the molecule is NC(Cc1nc(-c2ccccc2)cs1)c1ccc(I)cc1. The van der Waals surface area contributed by atoms with Crippen molar-refractivity contribution in [1.29, 1.82) is 0 Å². The molecular weight excluding hydrogens is 391 g/mol. The maximum atomic E-state index is 6.29. The van der Waals surface area contributed by atoms with E-state index in [9.17, 15) is 0 Å². The van der Waals surface area contributed by atoms with E-state index < -0.39 is 0 Å². The molecule has 2 N–H and O–H groups in total. The van der Waals surface area contributed by atoms with Crippen LogP contribution in [-0.2, 0) is 6.42 Å². The van der Waals surface area contributed by atoms with E-state index in [-0.39, 0.29) is 6.04 Å². The minimum Gasteiger partial charge on any atom is -0.324 e. The van der Waals surface area contributed by atoms with E-state index in [4.69, 9.17) is 10.7 Å². The van der Waals surface area contributed by atoms with Crippen LogP contribution < -0.4 is 5.73 Å². The average Bonchev–Trinajstić information content (AvgIpc) is 2.97. The van der Waals surface area contributed by atoms with Crippen molar-refractivity contribution in [3.8, 4) is 11.3 Å². The highest BCUT2D eigenvalue weighted by Gasteiger charge is 2.11. The van der Waals surface area contributed by atoms with E-state index in [0.717, 1.165) is 28.2 Å². The Morgan fingerprint density at radius 3 is 2.48 bits per heavy atom. The molecule has 0 radical (unpaired) electrons. The lowest BCUT2D eigenvalue weighted by molar-refractivity contribution is 0.718. The van der Waals surface area contributed by atoms with Gasteiger partial charge in [-0.15, -0.1) is 11.3 Å². The first-order valence-electron chi connectivity index (χ1n) is 6.73. The van der Waals surface area contributed by atoms with Crippen LogP contribution in [0.4, 0.5) is 0 Å². The van der Waals surface area contributed by atoms with E-state index in [0.29, 0.717) is 0 Å². The predicted molar refractivity (Wildman–Crippen MR) is 97.3 cm³/mol. The number of hydrogen-bond acceptors (Lipinski definition) is 3. The average molecular weight is 406 g/mol. The van der Waals surface area contributed by atoms with E-state index in [1.165, 1.54) is 3.57 Å². The summed E-state index contributed by atoms with van der Waals surface area (Å²) in [7, 11) is 0. The Labute approximate surface area is 142 Å². The molecule has 0 aliphatic rings. The normalized spacial score (nSPS) is 12.3. The lowest BCUT2D eigenvalue weighted by Gasteiger charge is -2.10. The summed E-state index contributed by atoms with van der Waals surface area (Å²) in [6.45, 7) is 0. The molecule has 3 aromatic rings. The summed E-state index contributed by atoms with van der Waals surface area (Å²) in [6, 6.07) is 18.6. The van der Waals surface area contributed by atoms with E-state index in [1.807, 2.05) is 18.2 Å². The molecule has 21 heavy (non-hydrogen) atoms. The highest BCUT2D eigenvalue weighted by molar-refractivity contribution is 14.1. The van der Waals surface area contributed by atoms with Crippen LogP contribution >= 0.6 is 33.9 Å². The van der Waals surface area contributed by atoms with Crippen LogP contribution in [0.15, 0.2) is 60.0 Å². The zero-order valence-electron chi connectivity index (χ0n) is 11.4. The van der Waals surface area contributed by atoms with Crippen molar-refractivity contribution < 1.29 is 0 Å². The first kappa shape index (κ1) is 14.7. The van der Waals surface area contributed by atoms with Crippen molar-refractivity contribution in [3.05, 3.63) is 74.1 Å². The summed E-state index contributed by atoms with van der Waals surface area (Å²) in [4.78, 5) is 4.70. The maximum Gasteiger partial charge on any atom is 0.0951 e. The molecule has 1 unspecified atom stereocenters. The Kier molecular flexibility index (Phi) is 4.67. The molecule has 0 amide bonds. The van der Waals surface area contributed by atoms with Crippen LogP contribution in [0.2, 0.25) is 0 Å².